The van der Waals surface area contributed by atoms with Gasteiger partial charge in [-0.2, -0.15) is 0 Å². The van der Waals surface area contributed by atoms with Gasteiger partial charge in [-0.3, -0.25) is 0 Å². The Morgan fingerprint density at radius 3 is 1.05 bits per heavy atom. The molecule has 0 atom stereocenters. The van der Waals surface area contributed by atoms with E-state index in [1.807, 2.05) is 0 Å². The molecule has 0 bridgehead atoms. The zero-order valence-electron chi connectivity index (χ0n) is 23.0. The summed E-state index contributed by atoms with van der Waals surface area (Å²) in [4.78, 5) is 10.0. The van der Waals surface area contributed by atoms with E-state index in [0.717, 1.165) is 24.3 Å². The first-order valence-corrected chi connectivity index (χ1v) is 14.8. The van der Waals surface area contributed by atoms with Crippen LogP contribution in [0.4, 0.5) is 21.5 Å². The summed E-state index contributed by atoms with van der Waals surface area (Å²) >= 11 is 0. The molecule has 39 heavy (non-hydrogen) atoms. The number of benzene rings is 4. The van der Waals surface area contributed by atoms with Gasteiger partial charge in [0.25, 0.3) is 0 Å². The maximum absolute atomic E-state index is 12.2. The standard InChI is InChI=1S/C24H30N3S.C6H5FO3S/c1-25(2)19-7-13-22(14-8-19)28(23-15-9-20(10-16-23)26(3)4)24-17-11-21(12-18-24)27(5)6;7-5-1-3-6(4-2-5)11(8,9)10/h7-18H,1-6H3;1-4H,(H,8,9,10)/q+1;/p-1. The van der Waals surface area contributed by atoms with E-state index in [1.54, 1.807) is 0 Å². The van der Waals surface area contributed by atoms with Gasteiger partial charge in [-0.25, -0.2) is 12.8 Å². The third kappa shape index (κ3) is 8.23. The highest BCUT2D eigenvalue weighted by atomic mass is 32.2. The van der Waals surface area contributed by atoms with E-state index in [0.29, 0.717) is 0 Å². The second kappa shape index (κ2) is 13.0. The molecule has 0 aliphatic rings. The molecule has 0 unspecified atom stereocenters. The maximum atomic E-state index is 12.2. The van der Waals surface area contributed by atoms with Crippen molar-refractivity contribution >= 4 is 38.1 Å². The van der Waals surface area contributed by atoms with E-state index in [-0.39, 0.29) is 10.9 Å². The van der Waals surface area contributed by atoms with Gasteiger partial charge >= 0.3 is 0 Å². The molecule has 6 nitrogen and oxygen atoms in total. The second-order valence-corrected chi connectivity index (χ2v) is 12.8. The Bertz CT molecular complexity index is 1320. The van der Waals surface area contributed by atoms with E-state index < -0.39 is 20.8 Å². The fourth-order valence-corrected chi connectivity index (χ4v) is 6.16. The van der Waals surface area contributed by atoms with E-state index in [4.69, 9.17) is 0 Å². The van der Waals surface area contributed by atoms with Crippen molar-refractivity contribution in [2.45, 2.75) is 19.6 Å². The highest BCUT2D eigenvalue weighted by Gasteiger charge is 2.29. The van der Waals surface area contributed by atoms with Gasteiger partial charge < -0.3 is 19.3 Å². The van der Waals surface area contributed by atoms with Gasteiger partial charge in [0.2, 0.25) is 0 Å². The second-order valence-electron chi connectivity index (χ2n) is 9.38. The summed E-state index contributed by atoms with van der Waals surface area (Å²) in [6.45, 7) is 0. The molecule has 0 saturated heterocycles. The predicted octanol–water partition coefficient (Wildman–Crippen LogP) is 5.71. The van der Waals surface area contributed by atoms with Crippen molar-refractivity contribution < 1.29 is 17.4 Å². The Morgan fingerprint density at radius 1 is 0.538 bits per heavy atom. The quantitative estimate of drug-likeness (QED) is 0.211. The monoisotopic (exact) mass is 567 g/mol. The lowest BCUT2D eigenvalue weighted by Gasteiger charge is -2.16. The highest BCUT2D eigenvalue weighted by molar-refractivity contribution is 7.97. The van der Waals surface area contributed by atoms with Gasteiger partial charge in [0.15, 0.2) is 14.7 Å². The largest absolute Gasteiger partial charge is 0.744 e. The Morgan fingerprint density at radius 2 is 0.821 bits per heavy atom. The summed E-state index contributed by atoms with van der Waals surface area (Å²) in [5.41, 5.74) is 3.66. The molecule has 0 radical (unpaired) electrons. The highest BCUT2D eigenvalue weighted by Crippen LogP contribution is 2.34. The molecule has 0 fully saturated rings. The van der Waals surface area contributed by atoms with Gasteiger partial charge in [-0.15, -0.1) is 0 Å². The van der Waals surface area contributed by atoms with Crippen molar-refractivity contribution in [3.63, 3.8) is 0 Å². The number of nitrogens with zero attached hydrogens (tertiary/aromatic N) is 3. The first kappa shape index (κ1) is 30.0. The maximum Gasteiger partial charge on any atom is 0.166 e. The van der Waals surface area contributed by atoms with Crippen LogP contribution < -0.4 is 14.7 Å². The zero-order chi connectivity index (χ0) is 28.7. The molecule has 0 N–H and O–H groups in total. The molecule has 0 heterocycles. The van der Waals surface area contributed by atoms with Crippen molar-refractivity contribution in [2.75, 3.05) is 57.0 Å². The molecule has 9 heteroatoms. The van der Waals surface area contributed by atoms with Gasteiger partial charge in [-0.05, 0) is 97.1 Å². The molecule has 0 aliphatic carbocycles. The van der Waals surface area contributed by atoms with E-state index in [2.05, 4.69) is 130 Å². The molecule has 0 saturated carbocycles. The molecular weight excluding hydrogens is 533 g/mol. The van der Waals surface area contributed by atoms with Crippen LogP contribution in [0.2, 0.25) is 0 Å². The van der Waals surface area contributed by atoms with Crippen LogP contribution in [0.15, 0.2) is 117 Å². The molecule has 0 aromatic heterocycles. The van der Waals surface area contributed by atoms with Crippen molar-refractivity contribution in [1.29, 1.82) is 0 Å². The lowest BCUT2D eigenvalue weighted by atomic mass is 10.3. The topological polar surface area (TPSA) is 66.9 Å². The summed E-state index contributed by atoms with van der Waals surface area (Å²) < 4.78 is 43.0. The SMILES string of the molecule is CN(C)c1ccc([S+](c2ccc(N(C)C)cc2)c2ccc(N(C)C)cc2)cc1.O=S(=O)([O-])c1ccc(F)cc1. The van der Waals surface area contributed by atoms with Crippen molar-refractivity contribution in [3.05, 3.63) is 103 Å². The van der Waals surface area contributed by atoms with Crippen molar-refractivity contribution in [1.82, 2.24) is 0 Å². The average Bonchev–Trinajstić information content (AvgIpc) is 2.90. The Balaban J connectivity index is 0.000000320. The molecule has 0 spiro atoms. The molecule has 4 aromatic carbocycles. The third-order valence-corrected chi connectivity index (χ3v) is 8.95. The lowest BCUT2D eigenvalue weighted by Crippen LogP contribution is -2.11. The van der Waals surface area contributed by atoms with Crippen LogP contribution in [0.1, 0.15) is 0 Å². The predicted molar refractivity (Wildman–Crippen MR) is 159 cm³/mol. The normalized spacial score (nSPS) is 11.0. The average molecular weight is 568 g/mol. The van der Waals surface area contributed by atoms with E-state index in [1.165, 1.54) is 31.7 Å². The summed E-state index contributed by atoms with van der Waals surface area (Å²) in [6.07, 6.45) is 0. The number of hydrogen-bond donors (Lipinski definition) is 0. The molecule has 4 aromatic rings. The van der Waals surface area contributed by atoms with Crippen LogP contribution in [0, 0.1) is 5.82 Å². The van der Waals surface area contributed by atoms with Crippen molar-refractivity contribution in [2.24, 2.45) is 0 Å². The summed E-state index contributed by atoms with van der Waals surface area (Å²) in [5.74, 6) is -0.572. The molecule has 4 rings (SSSR count). The van der Waals surface area contributed by atoms with E-state index in [9.17, 15) is 17.4 Å². The summed E-state index contributed by atoms with van der Waals surface area (Å²) in [5, 5.41) is 0. The van der Waals surface area contributed by atoms with Crippen LogP contribution in [0.25, 0.3) is 0 Å². The van der Waals surface area contributed by atoms with Crippen molar-refractivity contribution in [3.8, 4) is 0 Å². The Kier molecular flexibility index (Phi) is 10.0. The first-order chi connectivity index (χ1) is 18.4. The Labute approximate surface area is 234 Å². The summed E-state index contributed by atoms with van der Waals surface area (Å²) in [6, 6.07) is 30.5. The first-order valence-electron chi connectivity index (χ1n) is 12.1. The molecule has 206 valence electrons. The minimum atomic E-state index is -4.44. The van der Waals surface area contributed by atoms with Crippen LogP contribution in [-0.4, -0.2) is 55.3 Å². The fourth-order valence-electron chi connectivity index (χ4n) is 3.65. The third-order valence-electron chi connectivity index (χ3n) is 5.87. The minimum Gasteiger partial charge on any atom is -0.744 e. The summed E-state index contributed by atoms with van der Waals surface area (Å²) in [7, 11) is 7.90. The van der Waals surface area contributed by atoms with Crippen LogP contribution in [0.3, 0.4) is 0 Å². The fraction of sp³-hybridized carbons (Fsp3) is 0.200. The smallest absolute Gasteiger partial charge is 0.166 e. The van der Waals surface area contributed by atoms with Crippen LogP contribution in [-0.2, 0) is 21.0 Å². The molecule has 0 amide bonds. The van der Waals surface area contributed by atoms with Gasteiger partial charge in [0.05, 0.1) is 15.8 Å². The van der Waals surface area contributed by atoms with Crippen LogP contribution >= 0.6 is 0 Å². The molecule has 0 aliphatic heterocycles. The zero-order valence-corrected chi connectivity index (χ0v) is 24.6. The van der Waals surface area contributed by atoms with Gasteiger partial charge in [0, 0.05) is 59.3 Å². The number of halogens is 1. The number of rotatable bonds is 7. The molecular formula is C30H34FN3O3S2. The number of anilines is 3. The van der Waals surface area contributed by atoms with Gasteiger partial charge in [-0.1, -0.05) is 0 Å². The Hall–Kier alpha value is -3.53. The van der Waals surface area contributed by atoms with Gasteiger partial charge in [0.1, 0.15) is 15.9 Å². The van der Waals surface area contributed by atoms with Crippen LogP contribution in [0.5, 0.6) is 0 Å². The minimum absolute atomic E-state index is 0.135. The number of hydrogen-bond acceptors (Lipinski definition) is 6. The van der Waals surface area contributed by atoms with E-state index >= 15 is 0 Å². The lowest BCUT2D eigenvalue weighted by molar-refractivity contribution is 0.463.